The number of nitrogens with zero attached hydrogens (tertiary/aromatic N) is 5. The van der Waals surface area contributed by atoms with E-state index in [4.69, 9.17) is 16.3 Å². The van der Waals surface area contributed by atoms with E-state index in [9.17, 15) is 5.11 Å². The highest BCUT2D eigenvalue weighted by atomic mass is 35.5. The predicted molar refractivity (Wildman–Crippen MR) is 129 cm³/mol. The van der Waals surface area contributed by atoms with Crippen LogP contribution in [0.1, 0.15) is 45.2 Å². The van der Waals surface area contributed by atoms with Crippen LogP contribution >= 0.6 is 11.6 Å². The van der Waals surface area contributed by atoms with Gasteiger partial charge in [-0.15, -0.1) is 0 Å². The molecule has 0 spiro atoms. The number of aliphatic hydroxyl groups is 1. The van der Waals surface area contributed by atoms with Crippen LogP contribution in [0, 0.1) is 11.8 Å². The van der Waals surface area contributed by atoms with Crippen molar-refractivity contribution >= 4 is 33.7 Å². The molecule has 0 radical (unpaired) electrons. The first kappa shape index (κ1) is 22.3. The molecule has 7 nitrogen and oxygen atoms in total. The lowest BCUT2D eigenvalue weighted by Gasteiger charge is -2.31. The highest BCUT2D eigenvalue weighted by molar-refractivity contribution is 6.33. The van der Waals surface area contributed by atoms with Gasteiger partial charge in [-0.2, -0.15) is 0 Å². The number of fused-ring (bicyclic) bond motifs is 2. The number of ether oxygens (including phenoxy) is 1. The van der Waals surface area contributed by atoms with Crippen LogP contribution in [0.3, 0.4) is 0 Å². The van der Waals surface area contributed by atoms with E-state index in [0.29, 0.717) is 11.1 Å². The largest absolute Gasteiger partial charge is 0.366 e. The van der Waals surface area contributed by atoms with Crippen molar-refractivity contribution < 1.29 is 9.84 Å². The second kappa shape index (κ2) is 8.38. The van der Waals surface area contributed by atoms with Gasteiger partial charge in [0.15, 0.2) is 5.79 Å². The molecule has 4 atom stereocenters. The van der Waals surface area contributed by atoms with Gasteiger partial charge in [-0.3, -0.25) is 0 Å². The quantitative estimate of drug-likeness (QED) is 0.322. The van der Waals surface area contributed by atoms with E-state index in [1.807, 2.05) is 30.2 Å². The number of benzene rings is 1. The molecule has 0 saturated heterocycles. The third kappa shape index (κ3) is 4.25. The molecule has 1 N–H and O–H groups in total. The van der Waals surface area contributed by atoms with Gasteiger partial charge in [0.05, 0.1) is 34.9 Å². The van der Waals surface area contributed by atoms with Crippen LogP contribution in [0.25, 0.3) is 22.1 Å². The maximum atomic E-state index is 10.5. The van der Waals surface area contributed by atoms with Crippen molar-refractivity contribution in [1.82, 2.24) is 24.1 Å². The lowest BCUT2D eigenvalue weighted by Crippen LogP contribution is -2.36. The standard InChI is InChI=1S/C25H30ClN5O2/c1-15-17(7-5-16-6-8-20-19(11-16)29-14-30(20)4)12-21(22(15)33-25(2,3)32)31-10-9-18-23(26)27-13-28-24(18)31/h6,8-11,13-15,17,21-22,32H,5,7,12H2,1-4H3/t15-,17+,21-,22-/m1/s1. The van der Waals surface area contributed by atoms with Gasteiger partial charge in [-0.05, 0) is 68.7 Å². The summed E-state index contributed by atoms with van der Waals surface area (Å²) in [7, 11) is 2.02. The summed E-state index contributed by atoms with van der Waals surface area (Å²) in [6, 6.07) is 8.55. The van der Waals surface area contributed by atoms with Gasteiger partial charge in [0, 0.05) is 13.2 Å². The fourth-order valence-electron chi connectivity index (χ4n) is 5.35. The summed E-state index contributed by atoms with van der Waals surface area (Å²) in [6.07, 6.45) is 8.18. The highest BCUT2D eigenvalue weighted by Crippen LogP contribution is 2.46. The van der Waals surface area contributed by atoms with Gasteiger partial charge in [0.1, 0.15) is 17.1 Å². The maximum absolute atomic E-state index is 10.5. The molecular formula is C25H30ClN5O2. The molecule has 174 valence electrons. The van der Waals surface area contributed by atoms with Gasteiger partial charge in [0.25, 0.3) is 0 Å². The summed E-state index contributed by atoms with van der Waals surface area (Å²) < 4.78 is 10.4. The molecule has 1 aromatic carbocycles. The van der Waals surface area contributed by atoms with Crippen LogP contribution in [-0.2, 0) is 18.2 Å². The van der Waals surface area contributed by atoms with Crippen LogP contribution in [0.5, 0.6) is 0 Å². The summed E-state index contributed by atoms with van der Waals surface area (Å²) in [5.41, 5.74) is 4.28. The second-order valence-electron chi connectivity index (χ2n) is 9.79. The van der Waals surface area contributed by atoms with Crippen molar-refractivity contribution in [2.75, 3.05) is 0 Å². The molecule has 1 saturated carbocycles. The van der Waals surface area contributed by atoms with E-state index in [0.717, 1.165) is 41.3 Å². The summed E-state index contributed by atoms with van der Waals surface area (Å²) in [4.78, 5) is 13.1. The molecule has 33 heavy (non-hydrogen) atoms. The third-order valence-corrected chi connectivity index (χ3v) is 7.32. The first-order chi connectivity index (χ1) is 15.7. The molecule has 1 aliphatic carbocycles. The Bertz CT molecular complexity index is 1290. The molecule has 3 aromatic heterocycles. The van der Waals surface area contributed by atoms with E-state index >= 15 is 0 Å². The molecule has 1 fully saturated rings. The number of aromatic nitrogens is 5. The lowest BCUT2D eigenvalue weighted by molar-refractivity contribution is -0.219. The number of aryl methyl sites for hydroxylation is 2. The third-order valence-electron chi connectivity index (χ3n) is 7.02. The molecule has 0 aliphatic heterocycles. The molecular weight excluding hydrogens is 438 g/mol. The monoisotopic (exact) mass is 467 g/mol. The van der Waals surface area contributed by atoms with E-state index in [-0.39, 0.29) is 18.1 Å². The SMILES string of the molecule is C[C@@H]1[C@@H](CCc2ccc3c(c2)ncn3C)C[C@@H](n2ccc3c(Cl)ncnc32)[C@@H]1OC(C)(C)O. The average Bonchev–Trinajstić information content (AvgIpc) is 3.43. The molecule has 1 aliphatic rings. The number of halogens is 1. The number of hydrogen-bond donors (Lipinski definition) is 1. The van der Waals surface area contributed by atoms with Gasteiger partial charge < -0.3 is 19.0 Å². The second-order valence-corrected chi connectivity index (χ2v) is 10.2. The predicted octanol–water partition coefficient (Wildman–Crippen LogP) is 4.91. The van der Waals surface area contributed by atoms with Crippen molar-refractivity contribution in [3.05, 3.63) is 53.8 Å². The Kier molecular flexibility index (Phi) is 5.67. The number of hydrogen-bond acceptors (Lipinski definition) is 5. The minimum Gasteiger partial charge on any atom is -0.366 e. The maximum Gasteiger partial charge on any atom is 0.160 e. The van der Waals surface area contributed by atoms with Gasteiger partial charge >= 0.3 is 0 Å². The van der Waals surface area contributed by atoms with E-state index < -0.39 is 5.79 Å². The molecule has 8 heteroatoms. The summed E-state index contributed by atoms with van der Waals surface area (Å²) in [6.45, 7) is 5.62. The number of rotatable bonds is 6. The molecule has 0 unspecified atom stereocenters. The minimum atomic E-state index is -1.22. The Morgan fingerprint density at radius 3 is 2.82 bits per heavy atom. The van der Waals surface area contributed by atoms with Crippen LogP contribution in [0.15, 0.2) is 43.1 Å². The fraction of sp³-hybridized carbons (Fsp3) is 0.480. The van der Waals surface area contributed by atoms with Gasteiger partial charge in [-0.1, -0.05) is 24.6 Å². The first-order valence-corrected chi connectivity index (χ1v) is 11.9. The Balaban J connectivity index is 1.40. The first-order valence-electron chi connectivity index (χ1n) is 11.5. The lowest BCUT2D eigenvalue weighted by atomic mass is 9.90. The molecule has 3 heterocycles. The van der Waals surface area contributed by atoms with Crippen LogP contribution in [0.2, 0.25) is 5.15 Å². The van der Waals surface area contributed by atoms with Crippen molar-refractivity contribution in [2.45, 2.75) is 58.0 Å². The summed E-state index contributed by atoms with van der Waals surface area (Å²) in [5.74, 6) is -0.502. The summed E-state index contributed by atoms with van der Waals surface area (Å²) >= 11 is 6.30. The van der Waals surface area contributed by atoms with E-state index in [1.165, 1.54) is 11.9 Å². The number of imidazole rings is 1. The van der Waals surface area contributed by atoms with Crippen molar-refractivity contribution in [2.24, 2.45) is 18.9 Å². The van der Waals surface area contributed by atoms with E-state index in [1.54, 1.807) is 13.8 Å². The van der Waals surface area contributed by atoms with E-state index in [2.05, 4.69) is 44.6 Å². The smallest absolute Gasteiger partial charge is 0.160 e. The van der Waals surface area contributed by atoms with Crippen LogP contribution in [-0.4, -0.2) is 41.1 Å². The molecule has 4 aromatic rings. The molecule has 0 amide bonds. The zero-order chi connectivity index (χ0) is 23.3. The minimum absolute atomic E-state index is 0.0539. The Morgan fingerprint density at radius 1 is 1.21 bits per heavy atom. The fourth-order valence-corrected chi connectivity index (χ4v) is 5.54. The van der Waals surface area contributed by atoms with Gasteiger partial charge in [-0.25, -0.2) is 15.0 Å². The zero-order valence-corrected chi connectivity index (χ0v) is 20.2. The summed E-state index contributed by atoms with van der Waals surface area (Å²) in [5, 5.41) is 11.8. The Labute approximate surface area is 198 Å². The normalized spacial score (nSPS) is 23.7. The Hall–Kier alpha value is -2.48. The zero-order valence-electron chi connectivity index (χ0n) is 19.4. The van der Waals surface area contributed by atoms with Crippen LogP contribution in [0.4, 0.5) is 0 Å². The van der Waals surface area contributed by atoms with Crippen molar-refractivity contribution in [1.29, 1.82) is 0 Å². The van der Waals surface area contributed by atoms with Gasteiger partial charge in [0.2, 0.25) is 0 Å². The Morgan fingerprint density at radius 2 is 2.03 bits per heavy atom. The van der Waals surface area contributed by atoms with Crippen molar-refractivity contribution in [3.8, 4) is 0 Å². The average molecular weight is 468 g/mol. The van der Waals surface area contributed by atoms with Crippen molar-refractivity contribution in [3.63, 3.8) is 0 Å². The van der Waals surface area contributed by atoms with Crippen LogP contribution < -0.4 is 0 Å². The highest BCUT2D eigenvalue weighted by Gasteiger charge is 2.44. The topological polar surface area (TPSA) is 78.0 Å². The molecule has 0 bridgehead atoms. The molecule has 5 rings (SSSR count).